The van der Waals surface area contributed by atoms with Gasteiger partial charge in [-0.1, -0.05) is 11.6 Å². The molecule has 0 unspecified atom stereocenters. The fourth-order valence-electron chi connectivity index (χ4n) is 1.10. The molecule has 0 bridgehead atoms. The van der Waals surface area contributed by atoms with Crippen LogP contribution in [0.4, 0.5) is 0 Å². The van der Waals surface area contributed by atoms with Gasteiger partial charge in [-0.05, 0) is 34.1 Å². The summed E-state index contributed by atoms with van der Waals surface area (Å²) in [5.41, 5.74) is 0.452. The average Bonchev–Trinajstić information content (AvgIpc) is 2.65. The maximum Gasteiger partial charge on any atom is 0.338 e. The molecule has 7 heteroatoms. The van der Waals surface area contributed by atoms with Gasteiger partial charge in [0, 0.05) is 0 Å². The van der Waals surface area contributed by atoms with E-state index in [1.807, 2.05) is 12.1 Å². The Morgan fingerprint density at radius 1 is 1.44 bits per heavy atom. The number of rotatable bonds is 2. The van der Waals surface area contributed by atoms with Gasteiger partial charge in [-0.25, -0.2) is 4.79 Å². The van der Waals surface area contributed by atoms with E-state index in [4.69, 9.17) is 16.7 Å². The van der Waals surface area contributed by atoms with Crippen molar-refractivity contribution in [1.82, 2.24) is 10.2 Å². The van der Waals surface area contributed by atoms with Gasteiger partial charge >= 0.3 is 5.97 Å². The lowest BCUT2D eigenvalue weighted by atomic mass is 10.2. The van der Waals surface area contributed by atoms with Crippen LogP contribution >= 0.6 is 38.9 Å². The molecule has 0 saturated carbocycles. The number of aromatic nitrogens is 2. The van der Waals surface area contributed by atoms with E-state index in [-0.39, 0.29) is 10.7 Å². The van der Waals surface area contributed by atoms with Crippen LogP contribution in [0.3, 0.4) is 0 Å². The minimum absolute atomic E-state index is 0.0452. The zero-order chi connectivity index (χ0) is 11.7. The van der Waals surface area contributed by atoms with E-state index >= 15 is 0 Å². The second kappa shape index (κ2) is 4.48. The summed E-state index contributed by atoms with van der Waals surface area (Å²) >= 11 is 10.4. The molecule has 0 aromatic carbocycles. The topological polar surface area (TPSA) is 63.1 Å². The maximum absolute atomic E-state index is 10.9. The van der Waals surface area contributed by atoms with Crippen LogP contribution in [0, 0.1) is 0 Å². The van der Waals surface area contributed by atoms with E-state index in [9.17, 15) is 4.79 Å². The van der Waals surface area contributed by atoms with Crippen molar-refractivity contribution in [2.45, 2.75) is 0 Å². The molecule has 4 nitrogen and oxygen atoms in total. The molecule has 0 aliphatic rings. The third-order valence-electron chi connectivity index (χ3n) is 1.80. The van der Waals surface area contributed by atoms with Gasteiger partial charge in [-0.15, -0.1) is 21.5 Å². The predicted octanol–water partition coefficient (Wildman–Crippen LogP) is 3.32. The van der Waals surface area contributed by atoms with E-state index < -0.39 is 5.97 Å². The van der Waals surface area contributed by atoms with E-state index in [1.54, 1.807) is 0 Å². The Morgan fingerprint density at radius 2 is 2.19 bits per heavy atom. The van der Waals surface area contributed by atoms with Gasteiger partial charge in [-0.2, -0.15) is 0 Å². The average molecular weight is 320 g/mol. The van der Waals surface area contributed by atoms with E-state index in [2.05, 4.69) is 26.1 Å². The van der Waals surface area contributed by atoms with E-state index in [0.29, 0.717) is 5.69 Å². The molecule has 0 atom stereocenters. The van der Waals surface area contributed by atoms with Crippen molar-refractivity contribution in [3.05, 3.63) is 32.7 Å². The summed E-state index contributed by atoms with van der Waals surface area (Å²) in [4.78, 5) is 11.7. The van der Waals surface area contributed by atoms with Gasteiger partial charge in [0.2, 0.25) is 0 Å². The number of carboxylic acids is 1. The predicted molar refractivity (Wildman–Crippen MR) is 65.0 cm³/mol. The van der Waals surface area contributed by atoms with Crippen LogP contribution in [0.15, 0.2) is 22.0 Å². The summed E-state index contributed by atoms with van der Waals surface area (Å²) < 4.78 is 0.941. The molecule has 2 heterocycles. The number of hydrogen-bond donors (Lipinski definition) is 1. The summed E-state index contributed by atoms with van der Waals surface area (Å²) in [5, 5.41) is 16.2. The van der Waals surface area contributed by atoms with Crippen LogP contribution in [0.1, 0.15) is 10.4 Å². The van der Waals surface area contributed by atoms with Crippen LogP contribution in [0.25, 0.3) is 10.6 Å². The molecular formula is C9H4BrClN2O2S. The third kappa shape index (κ3) is 2.23. The molecule has 82 valence electrons. The molecule has 0 aliphatic carbocycles. The SMILES string of the molecule is O=C(O)c1cc(-c2ccc(Br)s2)nnc1Cl. The van der Waals surface area contributed by atoms with Crippen molar-refractivity contribution in [3.8, 4) is 10.6 Å². The van der Waals surface area contributed by atoms with Crippen LogP contribution < -0.4 is 0 Å². The number of carboxylic acid groups (broad SMARTS) is 1. The van der Waals surface area contributed by atoms with Gasteiger partial charge in [0.1, 0.15) is 11.3 Å². The lowest BCUT2D eigenvalue weighted by molar-refractivity contribution is 0.0696. The summed E-state index contributed by atoms with van der Waals surface area (Å²) in [6.07, 6.45) is 0. The summed E-state index contributed by atoms with van der Waals surface area (Å²) in [7, 11) is 0. The molecule has 0 saturated heterocycles. The normalized spacial score (nSPS) is 10.4. The highest BCUT2D eigenvalue weighted by atomic mass is 79.9. The highest BCUT2D eigenvalue weighted by Gasteiger charge is 2.13. The molecule has 2 aromatic heterocycles. The van der Waals surface area contributed by atoms with Gasteiger partial charge in [0.15, 0.2) is 5.15 Å². The standard InChI is InChI=1S/C9H4BrClN2O2S/c10-7-2-1-6(16-7)5-3-4(9(14)15)8(11)13-12-5/h1-3H,(H,14,15). The molecular weight excluding hydrogens is 316 g/mol. The maximum atomic E-state index is 10.9. The molecule has 0 aliphatic heterocycles. The van der Waals surface area contributed by atoms with Gasteiger partial charge in [0.05, 0.1) is 8.66 Å². The molecule has 16 heavy (non-hydrogen) atoms. The first-order valence-electron chi connectivity index (χ1n) is 4.10. The third-order valence-corrected chi connectivity index (χ3v) is 3.73. The van der Waals surface area contributed by atoms with Crippen LogP contribution in [-0.2, 0) is 0 Å². The van der Waals surface area contributed by atoms with Crippen molar-refractivity contribution in [2.24, 2.45) is 0 Å². The lowest BCUT2D eigenvalue weighted by Crippen LogP contribution is -2.01. The second-order valence-electron chi connectivity index (χ2n) is 2.84. The molecule has 0 amide bonds. The van der Waals surface area contributed by atoms with Crippen LogP contribution in [-0.4, -0.2) is 21.3 Å². The zero-order valence-corrected chi connectivity index (χ0v) is 10.8. The zero-order valence-electron chi connectivity index (χ0n) is 7.65. The minimum Gasteiger partial charge on any atom is -0.478 e. The van der Waals surface area contributed by atoms with Crippen molar-refractivity contribution in [2.75, 3.05) is 0 Å². The fourth-order valence-corrected chi connectivity index (χ4v) is 2.61. The molecule has 0 fully saturated rings. The first kappa shape index (κ1) is 11.5. The Labute approximate surface area is 108 Å². The quantitative estimate of drug-likeness (QED) is 0.922. The largest absolute Gasteiger partial charge is 0.478 e. The van der Waals surface area contributed by atoms with Crippen molar-refractivity contribution in [3.63, 3.8) is 0 Å². The number of nitrogens with zero attached hydrogens (tertiary/aromatic N) is 2. The number of halogens is 2. The van der Waals surface area contributed by atoms with Gasteiger partial charge < -0.3 is 5.11 Å². The van der Waals surface area contributed by atoms with Crippen LogP contribution in [0.5, 0.6) is 0 Å². The lowest BCUT2D eigenvalue weighted by Gasteiger charge is -1.99. The Balaban J connectivity index is 2.51. The summed E-state index contributed by atoms with van der Waals surface area (Å²) in [5.74, 6) is -1.11. The summed E-state index contributed by atoms with van der Waals surface area (Å²) in [6, 6.07) is 5.10. The minimum atomic E-state index is -1.11. The Bertz CT molecular complexity index is 558. The Hall–Kier alpha value is -0.980. The number of aromatic carboxylic acids is 1. The Morgan fingerprint density at radius 3 is 2.75 bits per heavy atom. The smallest absolute Gasteiger partial charge is 0.338 e. The van der Waals surface area contributed by atoms with Gasteiger partial charge in [-0.3, -0.25) is 0 Å². The first-order valence-corrected chi connectivity index (χ1v) is 6.09. The summed E-state index contributed by atoms with van der Waals surface area (Å²) in [6.45, 7) is 0. The number of thiophene rings is 1. The van der Waals surface area contributed by atoms with Crippen molar-refractivity contribution < 1.29 is 9.90 Å². The number of hydrogen-bond acceptors (Lipinski definition) is 4. The monoisotopic (exact) mass is 318 g/mol. The van der Waals surface area contributed by atoms with Crippen molar-refractivity contribution >= 4 is 44.8 Å². The van der Waals surface area contributed by atoms with E-state index in [1.165, 1.54) is 17.4 Å². The number of carbonyl (C=O) groups is 1. The highest BCUT2D eigenvalue weighted by molar-refractivity contribution is 9.11. The first-order chi connectivity index (χ1) is 7.58. The van der Waals surface area contributed by atoms with E-state index in [0.717, 1.165) is 8.66 Å². The molecule has 2 aromatic rings. The fraction of sp³-hybridized carbons (Fsp3) is 0. The van der Waals surface area contributed by atoms with Crippen molar-refractivity contribution in [1.29, 1.82) is 0 Å². The molecule has 0 radical (unpaired) electrons. The molecule has 2 rings (SSSR count). The Kier molecular flexibility index (Phi) is 3.22. The van der Waals surface area contributed by atoms with Gasteiger partial charge in [0.25, 0.3) is 0 Å². The molecule has 0 spiro atoms. The molecule has 1 N–H and O–H groups in total. The van der Waals surface area contributed by atoms with Crippen LogP contribution in [0.2, 0.25) is 5.15 Å². The second-order valence-corrected chi connectivity index (χ2v) is 5.66. The highest BCUT2D eigenvalue weighted by Crippen LogP contribution is 2.30.